The van der Waals surface area contributed by atoms with E-state index in [0.717, 1.165) is 20.8 Å². The number of pyridine rings is 1. The summed E-state index contributed by atoms with van der Waals surface area (Å²) in [6, 6.07) is 3.84. The summed E-state index contributed by atoms with van der Waals surface area (Å²) in [5, 5.41) is 1.97. The van der Waals surface area contributed by atoms with Crippen molar-refractivity contribution in [1.82, 2.24) is 9.97 Å². The minimum atomic E-state index is -0.0319. The van der Waals surface area contributed by atoms with Gasteiger partial charge in [-0.3, -0.25) is 9.78 Å². The Kier molecular flexibility index (Phi) is 3.23. The van der Waals surface area contributed by atoms with Crippen LogP contribution in [0.2, 0.25) is 0 Å². The van der Waals surface area contributed by atoms with Crippen LogP contribution in [0.25, 0.3) is 16.3 Å². The molecule has 5 heteroatoms. The fourth-order valence-electron chi connectivity index (χ4n) is 1.70. The van der Waals surface area contributed by atoms with Gasteiger partial charge in [0.1, 0.15) is 0 Å². The second-order valence-corrected chi connectivity index (χ2v) is 5.86. The number of hydrogen-bond donors (Lipinski definition) is 0. The quantitative estimate of drug-likeness (QED) is 0.540. The number of carbonyl (C=O) groups excluding carboxylic acids is 1. The van der Waals surface area contributed by atoms with Gasteiger partial charge in [-0.15, -0.1) is 22.7 Å². The topological polar surface area (TPSA) is 42.9 Å². The number of rotatable bonds is 3. The lowest BCUT2D eigenvalue weighted by Crippen LogP contribution is -1.94. The summed E-state index contributed by atoms with van der Waals surface area (Å²) in [6.45, 7) is 1.93. The van der Waals surface area contributed by atoms with Crippen molar-refractivity contribution in [1.29, 1.82) is 0 Å². The fourth-order valence-corrected chi connectivity index (χ4v) is 3.17. The lowest BCUT2D eigenvalue weighted by molar-refractivity contribution is 0.104. The third-order valence-corrected chi connectivity index (χ3v) is 4.51. The zero-order valence-electron chi connectivity index (χ0n) is 10.2. The average Bonchev–Trinajstić information content (AvgIpc) is 3.03. The maximum Gasteiger partial charge on any atom is 0.187 e. The number of aryl methyl sites for hydroxylation is 1. The molecule has 0 spiro atoms. The van der Waals surface area contributed by atoms with Gasteiger partial charge in [0.2, 0.25) is 0 Å². The van der Waals surface area contributed by atoms with Gasteiger partial charge in [-0.1, -0.05) is 0 Å². The Morgan fingerprint density at radius 3 is 3.00 bits per heavy atom. The fraction of sp³-hybridized carbons (Fsp3) is 0.0714. The van der Waals surface area contributed by atoms with Gasteiger partial charge in [-0.25, -0.2) is 4.98 Å². The first-order valence-corrected chi connectivity index (χ1v) is 7.46. The van der Waals surface area contributed by atoms with Crippen LogP contribution in [0.15, 0.2) is 35.3 Å². The van der Waals surface area contributed by atoms with Crippen LogP contribution in [0.4, 0.5) is 0 Å². The van der Waals surface area contributed by atoms with E-state index in [1.807, 2.05) is 30.5 Å². The van der Waals surface area contributed by atoms with Crippen molar-refractivity contribution in [2.75, 3.05) is 0 Å². The van der Waals surface area contributed by atoms with Crippen LogP contribution in [0.1, 0.15) is 20.9 Å². The average molecular weight is 286 g/mol. The minimum absolute atomic E-state index is 0.0319. The molecular formula is C14H10N2OS2. The van der Waals surface area contributed by atoms with Crippen LogP contribution >= 0.6 is 22.7 Å². The molecule has 0 saturated heterocycles. The van der Waals surface area contributed by atoms with E-state index >= 15 is 0 Å². The molecular weight excluding hydrogens is 276 g/mol. The first-order valence-electron chi connectivity index (χ1n) is 5.70. The smallest absolute Gasteiger partial charge is 0.187 e. The summed E-state index contributed by atoms with van der Waals surface area (Å²) in [5.41, 5.74) is 4.27. The van der Waals surface area contributed by atoms with Gasteiger partial charge in [-0.05, 0) is 36.6 Å². The van der Waals surface area contributed by atoms with Crippen molar-refractivity contribution >= 4 is 44.7 Å². The van der Waals surface area contributed by atoms with Crippen LogP contribution in [0.5, 0.6) is 0 Å². The maximum atomic E-state index is 12.1. The Balaban J connectivity index is 1.87. The summed E-state index contributed by atoms with van der Waals surface area (Å²) < 4.78 is 1.04. The summed E-state index contributed by atoms with van der Waals surface area (Å²) in [5.74, 6) is -0.0319. The van der Waals surface area contributed by atoms with Gasteiger partial charge in [0.25, 0.3) is 0 Å². The van der Waals surface area contributed by atoms with E-state index in [4.69, 9.17) is 0 Å². The van der Waals surface area contributed by atoms with Crippen LogP contribution in [-0.4, -0.2) is 15.8 Å². The van der Waals surface area contributed by atoms with Crippen LogP contribution < -0.4 is 0 Å². The van der Waals surface area contributed by atoms with Crippen molar-refractivity contribution in [3.63, 3.8) is 0 Å². The van der Waals surface area contributed by atoms with Gasteiger partial charge in [0, 0.05) is 16.6 Å². The summed E-state index contributed by atoms with van der Waals surface area (Å²) in [7, 11) is 0. The van der Waals surface area contributed by atoms with E-state index in [1.165, 1.54) is 11.3 Å². The lowest BCUT2D eigenvalue weighted by Gasteiger charge is -1.95. The predicted molar refractivity (Wildman–Crippen MR) is 79.8 cm³/mol. The number of ketones is 1. The number of allylic oxidation sites excluding steroid dienone is 1. The van der Waals surface area contributed by atoms with E-state index < -0.39 is 0 Å². The Morgan fingerprint density at radius 1 is 1.32 bits per heavy atom. The maximum absolute atomic E-state index is 12.1. The monoisotopic (exact) mass is 286 g/mol. The van der Waals surface area contributed by atoms with Gasteiger partial charge >= 0.3 is 0 Å². The highest BCUT2D eigenvalue weighted by Gasteiger charge is 2.05. The highest BCUT2D eigenvalue weighted by molar-refractivity contribution is 7.17. The van der Waals surface area contributed by atoms with E-state index in [1.54, 1.807) is 29.1 Å². The molecule has 0 fully saturated rings. The van der Waals surface area contributed by atoms with Gasteiger partial charge in [0.05, 0.1) is 21.4 Å². The van der Waals surface area contributed by atoms with Crippen molar-refractivity contribution in [3.8, 4) is 0 Å². The predicted octanol–water partition coefficient (Wildman–Crippen LogP) is 3.96. The largest absolute Gasteiger partial charge is 0.289 e. The molecule has 0 atom stereocenters. The molecule has 0 aromatic carbocycles. The van der Waals surface area contributed by atoms with E-state index in [0.29, 0.717) is 5.56 Å². The number of nitrogens with zero attached hydrogens (tertiary/aromatic N) is 2. The van der Waals surface area contributed by atoms with Gasteiger partial charge in [-0.2, -0.15) is 0 Å². The Bertz CT molecular complexity index is 770. The second kappa shape index (κ2) is 5.03. The molecule has 19 heavy (non-hydrogen) atoms. The van der Waals surface area contributed by atoms with Crippen molar-refractivity contribution in [2.24, 2.45) is 0 Å². The highest BCUT2D eigenvalue weighted by Crippen LogP contribution is 2.20. The van der Waals surface area contributed by atoms with E-state index in [9.17, 15) is 4.79 Å². The zero-order chi connectivity index (χ0) is 13.2. The summed E-state index contributed by atoms with van der Waals surface area (Å²) >= 11 is 3.12. The molecule has 3 rings (SSSR count). The molecule has 3 nitrogen and oxygen atoms in total. The molecule has 0 amide bonds. The summed E-state index contributed by atoms with van der Waals surface area (Å²) in [6.07, 6.45) is 5.02. The van der Waals surface area contributed by atoms with Crippen molar-refractivity contribution in [3.05, 3.63) is 51.4 Å². The van der Waals surface area contributed by atoms with Gasteiger partial charge < -0.3 is 0 Å². The number of aromatic nitrogens is 2. The third kappa shape index (κ3) is 2.47. The van der Waals surface area contributed by atoms with Crippen molar-refractivity contribution in [2.45, 2.75) is 6.92 Å². The number of thiazole rings is 1. The molecule has 0 saturated carbocycles. The molecule has 3 aromatic rings. The number of fused-ring (bicyclic) bond motifs is 1. The molecule has 0 radical (unpaired) electrons. The SMILES string of the molecule is Cc1ncsc1C=CC(=O)c1cnc2ccsc2c1. The first-order chi connectivity index (χ1) is 9.24. The van der Waals surface area contributed by atoms with Gasteiger partial charge in [0.15, 0.2) is 5.78 Å². The number of thiophene rings is 1. The Hall–Kier alpha value is -1.85. The minimum Gasteiger partial charge on any atom is -0.289 e. The number of hydrogen-bond acceptors (Lipinski definition) is 5. The Morgan fingerprint density at radius 2 is 2.21 bits per heavy atom. The van der Waals surface area contributed by atoms with Crippen LogP contribution in [-0.2, 0) is 0 Å². The standard InChI is InChI=1S/C14H10N2OS2/c1-9-13(19-8-16-9)3-2-12(17)10-6-14-11(15-7-10)4-5-18-14/h2-8H,1H3. The first kappa shape index (κ1) is 12.2. The molecule has 0 bridgehead atoms. The summed E-state index contributed by atoms with van der Waals surface area (Å²) in [4.78, 5) is 21.5. The molecule has 3 aromatic heterocycles. The highest BCUT2D eigenvalue weighted by atomic mass is 32.1. The Labute approximate surface area is 118 Å². The second-order valence-electron chi connectivity index (χ2n) is 4.03. The molecule has 94 valence electrons. The number of carbonyl (C=O) groups is 1. The molecule has 0 unspecified atom stereocenters. The van der Waals surface area contributed by atoms with Crippen LogP contribution in [0, 0.1) is 6.92 Å². The molecule has 0 N–H and O–H groups in total. The normalized spacial score (nSPS) is 11.4. The van der Waals surface area contributed by atoms with E-state index in [-0.39, 0.29) is 5.78 Å². The molecule has 0 aliphatic rings. The molecule has 0 aliphatic carbocycles. The lowest BCUT2D eigenvalue weighted by atomic mass is 10.1. The molecule has 3 heterocycles. The third-order valence-electron chi connectivity index (χ3n) is 2.76. The van der Waals surface area contributed by atoms with Crippen molar-refractivity contribution < 1.29 is 4.79 Å². The molecule has 0 aliphatic heterocycles. The zero-order valence-corrected chi connectivity index (χ0v) is 11.8. The van der Waals surface area contributed by atoms with Crippen LogP contribution in [0.3, 0.4) is 0 Å². The van der Waals surface area contributed by atoms with E-state index in [2.05, 4.69) is 9.97 Å².